The number of nitrogens with one attached hydrogen (secondary N) is 2. The van der Waals surface area contributed by atoms with Gasteiger partial charge >= 0.3 is 0 Å². The minimum atomic E-state index is 0.304. The zero-order valence-electron chi connectivity index (χ0n) is 17.7. The molecule has 0 amide bonds. The fraction of sp³-hybridized carbons (Fsp3) is 0.560. The number of hydrogen-bond acceptors (Lipinski definition) is 3. The van der Waals surface area contributed by atoms with Gasteiger partial charge in [0, 0.05) is 18.3 Å². The minimum Gasteiger partial charge on any atom is -0.494 e. The van der Waals surface area contributed by atoms with Gasteiger partial charge < -0.3 is 15.0 Å². The number of aromatic nitrogens is 1. The third kappa shape index (κ3) is 3.42. The largest absolute Gasteiger partial charge is 0.494 e. The number of unbranched alkanes of at least 4 members (excludes halogenated alkanes) is 1. The van der Waals surface area contributed by atoms with E-state index in [4.69, 9.17) is 9.73 Å². The molecular weight excluding hydrogens is 358 g/mol. The molecule has 29 heavy (non-hydrogen) atoms. The maximum Gasteiger partial charge on any atom is 0.146 e. The van der Waals surface area contributed by atoms with Crippen molar-refractivity contribution in [1.82, 2.24) is 10.3 Å². The van der Waals surface area contributed by atoms with Crippen LogP contribution in [0.4, 0.5) is 0 Å². The Balaban J connectivity index is 1.49. The lowest BCUT2D eigenvalue weighted by Crippen LogP contribution is -2.34. The van der Waals surface area contributed by atoms with Gasteiger partial charge in [-0.1, -0.05) is 26.2 Å². The number of rotatable bonds is 6. The number of H-pyrrole nitrogens is 1. The van der Waals surface area contributed by atoms with Crippen LogP contribution in [0.5, 0.6) is 0 Å². The Kier molecular flexibility index (Phi) is 5.21. The van der Waals surface area contributed by atoms with Crippen LogP contribution < -0.4 is 5.32 Å². The van der Waals surface area contributed by atoms with Crippen molar-refractivity contribution in [3.8, 4) is 0 Å². The first-order valence-corrected chi connectivity index (χ1v) is 11.5. The van der Waals surface area contributed by atoms with Crippen LogP contribution in [0.3, 0.4) is 0 Å². The molecule has 0 aromatic carbocycles. The third-order valence-corrected chi connectivity index (χ3v) is 7.30. The second kappa shape index (κ2) is 7.98. The first-order chi connectivity index (χ1) is 14.3. The first kappa shape index (κ1) is 18.9. The van der Waals surface area contributed by atoms with E-state index in [2.05, 4.69) is 35.4 Å². The van der Waals surface area contributed by atoms with E-state index in [1.807, 2.05) is 12.3 Å². The first-order valence-electron chi connectivity index (χ1n) is 11.5. The number of hydrogen-bond donors (Lipinski definition) is 2. The molecule has 0 spiro atoms. The molecule has 2 N–H and O–H groups in total. The van der Waals surface area contributed by atoms with E-state index in [1.165, 1.54) is 51.4 Å². The molecule has 3 unspecified atom stereocenters. The maximum atomic E-state index is 5.70. The Morgan fingerprint density at radius 3 is 2.93 bits per heavy atom. The molecule has 0 bridgehead atoms. The molecule has 1 fully saturated rings. The Labute approximate surface area is 174 Å². The number of nitrogens with zero attached hydrogens (tertiary/aromatic N) is 1. The average molecular weight is 392 g/mol. The Morgan fingerprint density at radius 2 is 2.14 bits per heavy atom. The molecule has 0 saturated heterocycles. The average Bonchev–Trinajstić information content (AvgIpc) is 3.47. The lowest BCUT2D eigenvalue weighted by atomic mass is 9.68. The van der Waals surface area contributed by atoms with E-state index in [0.29, 0.717) is 12.1 Å². The highest BCUT2D eigenvalue weighted by Crippen LogP contribution is 2.48. The van der Waals surface area contributed by atoms with E-state index in [-0.39, 0.29) is 0 Å². The summed E-state index contributed by atoms with van der Waals surface area (Å²) in [6, 6.07) is 4.96. The highest BCUT2D eigenvalue weighted by molar-refractivity contribution is 6.10. The van der Waals surface area contributed by atoms with Crippen LogP contribution in [-0.4, -0.2) is 29.9 Å². The normalized spacial score (nSPS) is 32.4. The molecular formula is C25H33N3O. The summed E-state index contributed by atoms with van der Waals surface area (Å²) in [5.41, 5.74) is 6.45. The van der Waals surface area contributed by atoms with Crippen molar-refractivity contribution in [3.05, 3.63) is 58.8 Å². The molecule has 0 radical (unpaired) electrons. The number of aliphatic imine (C=N–C) groups is 1. The zero-order valence-corrected chi connectivity index (χ0v) is 17.7. The second-order valence-corrected chi connectivity index (χ2v) is 9.00. The van der Waals surface area contributed by atoms with Crippen LogP contribution in [0.25, 0.3) is 0 Å². The van der Waals surface area contributed by atoms with E-state index in [0.717, 1.165) is 34.7 Å². The van der Waals surface area contributed by atoms with Gasteiger partial charge in [-0.15, -0.1) is 0 Å². The number of ether oxygens (including phenoxy) is 1. The molecule has 4 aliphatic rings. The zero-order chi connectivity index (χ0) is 19.8. The maximum absolute atomic E-state index is 5.70. The van der Waals surface area contributed by atoms with Crippen molar-refractivity contribution in [1.29, 1.82) is 0 Å². The predicted molar refractivity (Wildman–Crippen MR) is 118 cm³/mol. The quantitative estimate of drug-likeness (QED) is 0.649. The Morgan fingerprint density at radius 1 is 1.21 bits per heavy atom. The van der Waals surface area contributed by atoms with Gasteiger partial charge in [0.1, 0.15) is 11.5 Å². The van der Waals surface area contributed by atoms with Crippen molar-refractivity contribution in [3.63, 3.8) is 0 Å². The van der Waals surface area contributed by atoms with E-state index in [9.17, 15) is 0 Å². The highest BCUT2D eigenvalue weighted by atomic mass is 16.5. The molecule has 4 heteroatoms. The topological polar surface area (TPSA) is 49.4 Å². The van der Waals surface area contributed by atoms with Crippen molar-refractivity contribution in [2.24, 2.45) is 16.8 Å². The van der Waals surface area contributed by atoms with Gasteiger partial charge in [-0.05, 0) is 73.3 Å². The van der Waals surface area contributed by atoms with Crippen molar-refractivity contribution in [2.75, 3.05) is 7.11 Å². The fourth-order valence-electron chi connectivity index (χ4n) is 5.98. The van der Waals surface area contributed by atoms with Crippen LogP contribution in [0, 0.1) is 11.8 Å². The van der Waals surface area contributed by atoms with Crippen molar-refractivity contribution >= 4 is 5.71 Å². The van der Waals surface area contributed by atoms with Crippen molar-refractivity contribution < 1.29 is 4.74 Å². The molecule has 2 aliphatic carbocycles. The van der Waals surface area contributed by atoms with Gasteiger partial charge in [-0.3, -0.25) is 0 Å². The number of aromatic amines is 1. The summed E-state index contributed by atoms with van der Waals surface area (Å²) in [4.78, 5) is 8.18. The Hall–Kier alpha value is -2.07. The van der Waals surface area contributed by atoms with Gasteiger partial charge in [0.25, 0.3) is 0 Å². The minimum absolute atomic E-state index is 0.304. The summed E-state index contributed by atoms with van der Waals surface area (Å²) >= 11 is 0. The Bertz CT molecular complexity index is 874. The summed E-state index contributed by atoms with van der Waals surface area (Å²) in [6.07, 6.45) is 17.1. The third-order valence-electron chi connectivity index (χ3n) is 7.30. The van der Waals surface area contributed by atoms with Crippen LogP contribution in [0.1, 0.15) is 64.0 Å². The molecule has 154 valence electrons. The van der Waals surface area contributed by atoms with Crippen LogP contribution in [0.2, 0.25) is 0 Å². The summed E-state index contributed by atoms with van der Waals surface area (Å²) in [7, 11) is 1.75. The van der Waals surface area contributed by atoms with E-state index < -0.39 is 0 Å². The standard InChI is InChI=1S/C25H33N3O/c1-3-4-7-16-11-12-17-8-5-9-19-24(17)25(16)22(27-19)14-21-23(29-2)15-20(28-21)18-10-6-13-26-18/h6,10,13-17,19,22,26-27H,3-5,7-9,11-12H2,1-2H3/b21-14+/t16-,17?,19?,22?/m1/s1. The second-order valence-electron chi connectivity index (χ2n) is 9.00. The van der Waals surface area contributed by atoms with Gasteiger partial charge in [0.05, 0.1) is 24.6 Å². The summed E-state index contributed by atoms with van der Waals surface area (Å²) < 4.78 is 5.70. The lowest BCUT2D eigenvalue weighted by molar-refractivity contribution is 0.301. The molecule has 5 rings (SSSR count). The van der Waals surface area contributed by atoms with E-state index in [1.54, 1.807) is 18.3 Å². The monoisotopic (exact) mass is 391 g/mol. The van der Waals surface area contributed by atoms with Gasteiger partial charge in [-0.25, -0.2) is 4.99 Å². The summed E-state index contributed by atoms with van der Waals surface area (Å²) in [5, 5.41) is 3.98. The summed E-state index contributed by atoms with van der Waals surface area (Å²) in [5.74, 6) is 2.42. The van der Waals surface area contributed by atoms with Crippen LogP contribution >= 0.6 is 0 Å². The molecule has 4 atom stereocenters. The molecule has 1 aromatic rings. The van der Waals surface area contributed by atoms with E-state index >= 15 is 0 Å². The smallest absolute Gasteiger partial charge is 0.146 e. The van der Waals surface area contributed by atoms with Crippen LogP contribution in [0.15, 0.2) is 58.1 Å². The fourth-order valence-corrected chi connectivity index (χ4v) is 5.98. The van der Waals surface area contributed by atoms with Crippen LogP contribution in [-0.2, 0) is 4.74 Å². The van der Waals surface area contributed by atoms with Gasteiger partial charge in [0.15, 0.2) is 0 Å². The highest BCUT2D eigenvalue weighted by Gasteiger charge is 2.43. The molecule has 4 nitrogen and oxygen atoms in total. The van der Waals surface area contributed by atoms with Gasteiger partial charge in [-0.2, -0.15) is 0 Å². The number of methoxy groups -OCH3 is 1. The van der Waals surface area contributed by atoms with Gasteiger partial charge in [0.2, 0.25) is 0 Å². The number of allylic oxidation sites excluding steroid dienone is 1. The molecule has 3 heterocycles. The predicted octanol–water partition coefficient (Wildman–Crippen LogP) is 5.27. The molecule has 2 aliphatic heterocycles. The lowest BCUT2D eigenvalue weighted by Gasteiger charge is -2.36. The van der Waals surface area contributed by atoms with Crippen molar-refractivity contribution in [2.45, 2.75) is 70.4 Å². The molecule has 1 aromatic heterocycles. The molecule has 1 saturated carbocycles. The summed E-state index contributed by atoms with van der Waals surface area (Å²) in [6.45, 7) is 2.31. The SMILES string of the molecule is CCCC[C@@H]1CCC2CCCC3NC(/C=C4/N=C(c5ccc[nH]5)C=C4OC)C1=C23.